The van der Waals surface area contributed by atoms with Crippen LogP contribution >= 0.6 is 0 Å². The summed E-state index contributed by atoms with van der Waals surface area (Å²) in [7, 11) is 0. The number of ether oxygens (including phenoxy) is 2. The van der Waals surface area contributed by atoms with Gasteiger partial charge in [0.15, 0.2) is 0 Å². The Morgan fingerprint density at radius 1 is 1.05 bits per heavy atom. The Morgan fingerprint density at radius 2 is 1.82 bits per heavy atom. The van der Waals surface area contributed by atoms with E-state index >= 15 is 0 Å². The van der Waals surface area contributed by atoms with E-state index in [9.17, 15) is 4.79 Å². The molecule has 0 amide bonds. The van der Waals surface area contributed by atoms with E-state index in [0.29, 0.717) is 13.2 Å². The molecule has 0 aromatic heterocycles. The van der Waals surface area contributed by atoms with Gasteiger partial charge in [0.1, 0.15) is 6.61 Å². The van der Waals surface area contributed by atoms with Crippen LogP contribution in [0.3, 0.4) is 0 Å². The first-order valence-electron chi connectivity index (χ1n) is 7.48. The topological polar surface area (TPSA) is 35.5 Å². The van der Waals surface area contributed by atoms with Crippen LogP contribution in [-0.2, 0) is 27.3 Å². The third kappa shape index (κ3) is 5.34. The molecule has 0 atom stereocenters. The molecule has 3 heteroatoms. The predicted octanol–water partition coefficient (Wildman–Crippen LogP) is 3.61. The van der Waals surface area contributed by atoms with Crippen molar-refractivity contribution in [2.24, 2.45) is 0 Å². The zero-order chi connectivity index (χ0) is 15.8. The van der Waals surface area contributed by atoms with Crippen molar-refractivity contribution >= 4 is 5.97 Å². The standard InChI is InChI=1S/C19H22O3/c1-15-8-9-18(16(2)12-15)13-21-14-19(20)22-11-10-17-6-4-3-5-7-17/h3-9,12H,10-11,13-14H2,1-2H3. The second kappa shape index (κ2) is 8.35. The molecule has 116 valence electrons. The minimum Gasteiger partial charge on any atom is -0.464 e. The minimum atomic E-state index is -0.319. The second-order valence-corrected chi connectivity index (χ2v) is 5.38. The Hall–Kier alpha value is -2.13. The molecule has 0 unspecified atom stereocenters. The highest BCUT2D eigenvalue weighted by molar-refractivity contribution is 5.70. The molecule has 0 bridgehead atoms. The summed E-state index contributed by atoms with van der Waals surface area (Å²) >= 11 is 0. The van der Waals surface area contributed by atoms with Gasteiger partial charge in [0, 0.05) is 6.42 Å². The summed E-state index contributed by atoms with van der Waals surface area (Å²) in [6, 6.07) is 16.1. The van der Waals surface area contributed by atoms with E-state index in [4.69, 9.17) is 9.47 Å². The summed E-state index contributed by atoms with van der Waals surface area (Å²) < 4.78 is 10.6. The van der Waals surface area contributed by atoms with Gasteiger partial charge in [0.25, 0.3) is 0 Å². The first-order valence-corrected chi connectivity index (χ1v) is 7.48. The Kier molecular flexibility index (Phi) is 6.16. The smallest absolute Gasteiger partial charge is 0.332 e. The van der Waals surface area contributed by atoms with E-state index in [1.807, 2.05) is 49.4 Å². The molecule has 0 aliphatic carbocycles. The highest BCUT2D eigenvalue weighted by Gasteiger charge is 2.05. The largest absolute Gasteiger partial charge is 0.464 e. The lowest BCUT2D eigenvalue weighted by Gasteiger charge is -2.08. The van der Waals surface area contributed by atoms with Crippen LogP contribution < -0.4 is 0 Å². The number of rotatable bonds is 7. The minimum absolute atomic E-state index is 0.0118. The average molecular weight is 298 g/mol. The molecule has 0 heterocycles. The lowest BCUT2D eigenvalue weighted by molar-refractivity contribution is -0.149. The Morgan fingerprint density at radius 3 is 2.55 bits per heavy atom. The van der Waals surface area contributed by atoms with Gasteiger partial charge in [0.05, 0.1) is 13.2 Å². The summed E-state index contributed by atoms with van der Waals surface area (Å²) in [5, 5.41) is 0. The SMILES string of the molecule is Cc1ccc(COCC(=O)OCCc2ccccc2)c(C)c1. The molecule has 0 saturated carbocycles. The highest BCUT2D eigenvalue weighted by Crippen LogP contribution is 2.11. The van der Waals surface area contributed by atoms with Gasteiger partial charge in [-0.15, -0.1) is 0 Å². The van der Waals surface area contributed by atoms with E-state index in [1.54, 1.807) is 0 Å². The van der Waals surface area contributed by atoms with Crippen molar-refractivity contribution in [3.63, 3.8) is 0 Å². The fourth-order valence-electron chi connectivity index (χ4n) is 2.22. The van der Waals surface area contributed by atoms with Crippen molar-refractivity contribution in [3.05, 3.63) is 70.8 Å². The number of carbonyl (C=O) groups excluding carboxylic acids is 1. The molecule has 0 spiro atoms. The Balaban J connectivity index is 1.65. The summed E-state index contributed by atoms with van der Waals surface area (Å²) in [5.41, 5.74) is 4.66. The molecule has 22 heavy (non-hydrogen) atoms. The van der Waals surface area contributed by atoms with Crippen LogP contribution in [0.2, 0.25) is 0 Å². The second-order valence-electron chi connectivity index (χ2n) is 5.38. The average Bonchev–Trinajstić information content (AvgIpc) is 2.50. The number of hydrogen-bond acceptors (Lipinski definition) is 3. The first kappa shape index (κ1) is 16.2. The maximum absolute atomic E-state index is 11.6. The summed E-state index contributed by atoms with van der Waals surface area (Å²) in [4.78, 5) is 11.6. The maximum atomic E-state index is 11.6. The van der Waals surface area contributed by atoms with Crippen LogP contribution in [0.15, 0.2) is 48.5 Å². The number of aryl methyl sites for hydroxylation is 2. The van der Waals surface area contributed by atoms with Gasteiger partial charge in [-0.1, -0.05) is 54.1 Å². The van der Waals surface area contributed by atoms with Crippen LogP contribution in [0, 0.1) is 13.8 Å². The van der Waals surface area contributed by atoms with E-state index in [0.717, 1.165) is 17.5 Å². The quantitative estimate of drug-likeness (QED) is 0.733. The van der Waals surface area contributed by atoms with Crippen molar-refractivity contribution in [1.29, 1.82) is 0 Å². The molecule has 0 saturated heterocycles. The van der Waals surface area contributed by atoms with Crippen molar-refractivity contribution in [2.45, 2.75) is 26.9 Å². The number of hydrogen-bond donors (Lipinski definition) is 0. The van der Waals surface area contributed by atoms with Crippen molar-refractivity contribution < 1.29 is 14.3 Å². The van der Waals surface area contributed by atoms with Crippen molar-refractivity contribution in [3.8, 4) is 0 Å². The van der Waals surface area contributed by atoms with Crippen LogP contribution in [-0.4, -0.2) is 19.2 Å². The molecular weight excluding hydrogens is 276 g/mol. The molecule has 2 aromatic rings. The van der Waals surface area contributed by atoms with Crippen LogP contribution in [0.4, 0.5) is 0 Å². The van der Waals surface area contributed by atoms with Gasteiger partial charge < -0.3 is 9.47 Å². The number of carbonyl (C=O) groups is 1. The van der Waals surface area contributed by atoms with Crippen LogP contribution in [0.1, 0.15) is 22.3 Å². The van der Waals surface area contributed by atoms with Crippen molar-refractivity contribution in [2.75, 3.05) is 13.2 Å². The van der Waals surface area contributed by atoms with E-state index in [-0.39, 0.29) is 12.6 Å². The van der Waals surface area contributed by atoms with Crippen LogP contribution in [0.25, 0.3) is 0 Å². The molecule has 0 N–H and O–H groups in total. The third-order valence-electron chi connectivity index (χ3n) is 3.47. The fourth-order valence-corrected chi connectivity index (χ4v) is 2.22. The summed E-state index contributed by atoms with van der Waals surface area (Å²) in [6.45, 7) is 4.91. The Bertz CT molecular complexity index is 605. The van der Waals surface area contributed by atoms with Gasteiger partial charge in [-0.2, -0.15) is 0 Å². The normalized spacial score (nSPS) is 10.5. The monoisotopic (exact) mass is 298 g/mol. The fraction of sp³-hybridized carbons (Fsp3) is 0.316. The molecule has 2 aromatic carbocycles. The highest BCUT2D eigenvalue weighted by atomic mass is 16.6. The molecule has 0 radical (unpaired) electrons. The van der Waals surface area contributed by atoms with Gasteiger partial charge in [-0.05, 0) is 30.5 Å². The zero-order valence-electron chi connectivity index (χ0n) is 13.2. The summed E-state index contributed by atoms with van der Waals surface area (Å²) in [6.07, 6.45) is 0.726. The molecule has 3 nitrogen and oxygen atoms in total. The van der Waals surface area contributed by atoms with Gasteiger partial charge in [-0.25, -0.2) is 4.79 Å². The van der Waals surface area contributed by atoms with E-state index in [2.05, 4.69) is 13.0 Å². The lowest BCUT2D eigenvalue weighted by atomic mass is 10.1. The summed E-state index contributed by atoms with van der Waals surface area (Å²) in [5.74, 6) is -0.319. The van der Waals surface area contributed by atoms with Gasteiger partial charge >= 0.3 is 5.97 Å². The van der Waals surface area contributed by atoms with Crippen LogP contribution in [0.5, 0.6) is 0 Å². The lowest BCUT2D eigenvalue weighted by Crippen LogP contribution is -2.14. The molecule has 2 rings (SSSR count). The zero-order valence-corrected chi connectivity index (χ0v) is 13.2. The molecule has 0 aliphatic heterocycles. The van der Waals surface area contributed by atoms with Gasteiger partial charge in [0.2, 0.25) is 0 Å². The molecule has 0 aliphatic rings. The van der Waals surface area contributed by atoms with Gasteiger partial charge in [-0.3, -0.25) is 0 Å². The Labute approximate surface area is 131 Å². The first-order chi connectivity index (χ1) is 10.6. The number of benzene rings is 2. The number of esters is 1. The molecule has 0 fully saturated rings. The van der Waals surface area contributed by atoms with Crippen molar-refractivity contribution in [1.82, 2.24) is 0 Å². The predicted molar refractivity (Wildman–Crippen MR) is 86.7 cm³/mol. The third-order valence-corrected chi connectivity index (χ3v) is 3.47. The maximum Gasteiger partial charge on any atom is 0.332 e. The van der Waals surface area contributed by atoms with E-state index < -0.39 is 0 Å². The molecular formula is C19H22O3. The van der Waals surface area contributed by atoms with E-state index in [1.165, 1.54) is 11.1 Å².